The average Bonchev–Trinajstić information content (AvgIpc) is 2.61. The Morgan fingerprint density at radius 3 is 2.44 bits per heavy atom. The molecular weight excluding hydrogens is 384 g/mol. The largest absolute Gasteiger partial charge is 0.387 e. The van der Waals surface area contributed by atoms with Gasteiger partial charge < -0.3 is 10.4 Å². The highest BCUT2D eigenvalue weighted by atomic mass is 35.5. The lowest BCUT2D eigenvalue weighted by molar-refractivity contribution is 0.172. The second kappa shape index (κ2) is 9.55. The molecule has 0 aromatic heterocycles. The van der Waals surface area contributed by atoms with Gasteiger partial charge in [-0.2, -0.15) is 0 Å². The van der Waals surface area contributed by atoms with E-state index in [1.807, 2.05) is 0 Å². The van der Waals surface area contributed by atoms with Crippen molar-refractivity contribution < 1.29 is 13.5 Å². The first kappa shape index (κ1) is 21.7. The number of hydrogen-bond donors (Lipinski definition) is 3. The molecule has 2 atom stereocenters. The highest BCUT2D eigenvalue weighted by molar-refractivity contribution is 7.92. The first-order valence-corrected chi connectivity index (χ1v) is 10.8. The molecule has 1 aliphatic carbocycles. The van der Waals surface area contributed by atoms with Gasteiger partial charge in [-0.05, 0) is 60.5 Å². The van der Waals surface area contributed by atoms with Crippen molar-refractivity contribution in [2.75, 3.05) is 24.1 Å². The topological polar surface area (TPSA) is 78.4 Å². The Bertz CT molecular complexity index is 841. The van der Waals surface area contributed by atoms with Crippen LogP contribution in [0.1, 0.15) is 29.2 Å². The number of sulfonamides is 1. The lowest BCUT2D eigenvalue weighted by atomic mass is 9.84. The molecule has 0 saturated heterocycles. The third-order valence-electron chi connectivity index (χ3n) is 4.82. The number of aryl methyl sites for hydroxylation is 1. The molecule has 3 rings (SSSR count). The molecule has 148 valence electrons. The molecule has 7 heteroatoms. The van der Waals surface area contributed by atoms with Crippen molar-refractivity contribution >= 4 is 28.1 Å². The quantitative estimate of drug-likeness (QED) is 0.655. The Morgan fingerprint density at radius 1 is 1.11 bits per heavy atom. The summed E-state index contributed by atoms with van der Waals surface area (Å²) in [6.45, 7) is 1.37. The zero-order valence-electron chi connectivity index (χ0n) is 15.4. The van der Waals surface area contributed by atoms with Crippen LogP contribution < -0.4 is 10.0 Å². The van der Waals surface area contributed by atoms with Gasteiger partial charge in [-0.15, -0.1) is 12.4 Å². The van der Waals surface area contributed by atoms with Gasteiger partial charge in [0.25, 0.3) is 0 Å². The fourth-order valence-electron chi connectivity index (χ4n) is 3.48. The highest BCUT2D eigenvalue weighted by Gasteiger charge is 2.18. The van der Waals surface area contributed by atoms with E-state index in [1.165, 1.54) is 17.5 Å². The van der Waals surface area contributed by atoms with Crippen molar-refractivity contribution in [3.8, 4) is 0 Å². The molecule has 27 heavy (non-hydrogen) atoms. The molecule has 1 aliphatic rings. The third-order valence-corrected chi connectivity index (χ3v) is 5.42. The highest BCUT2D eigenvalue weighted by Crippen LogP contribution is 2.25. The van der Waals surface area contributed by atoms with Crippen LogP contribution >= 0.6 is 12.4 Å². The molecule has 0 heterocycles. The van der Waals surface area contributed by atoms with Crippen LogP contribution in [0, 0.1) is 5.92 Å². The van der Waals surface area contributed by atoms with Crippen LogP contribution in [-0.2, 0) is 22.9 Å². The van der Waals surface area contributed by atoms with Gasteiger partial charge in [0.1, 0.15) is 0 Å². The summed E-state index contributed by atoms with van der Waals surface area (Å²) in [5.41, 5.74) is 4.18. The molecule has 0 bridgehead atoms. The van der Waals surface area contributed by atoms with Crippen LogP contribution in [0.5, 0.6) is 0 Å². The number of fused-ring (bicyclic) bond motifs is 1. The predicted molar refractivity (Wildman–Crippen MR) is 112 cm³/mol. The summed E-state index contributed by atoms with van der Waals surface area (Å²) in [4.78, 5) is 0. The summed E-state index contributed by atoms with van der Waals surface area (Å²) in [6, 6.07) is 15.4. The maximum Gasteiger partial charge on any atom is 0.229 e. The zero-order chi connectivity index (χ0) is 18.6. The van der Waals surface area contributed by atoms with E-state index in [9.17, 15) is 13.5 Å². The van der Waals surface area contributed by atoms with Gasteiger partial charge in [0.2, 0.25) is 10.0 Å². The van der Waals surface area contributed by atoms with Crippen LogP contribution in [0.15, 0.2) is 48.5 Å². The molecule has 0 fully saturated rings. The van der Waals surface area contributed by atoms with Gasteiger partial charge in [-0.1, -0.05) is 36.4 Å². The van der Waals surface area contributed by atoms with Crippen molar-refractivity contribution in [2.45, 2.75) is 25.4 Å². The SMILES string of the molecule is CS(=O)(=O)Nc1ccc(C(O)CNCC2CCc3ccccc3C2)cc1.Cl. The second-order valence-corrected chi connectivity index (χ2v) is 8.80. The second-order valence-electron chi connectivity index (χ2n) is 7.05. The molecule has 0 amide bonds. The number of benzene rings is 2. The minimum atomic E-state index is -3.28. The Morgan fingerprint density at radius 2 is 1.78 bits per heavy atom. The van der Waals surface area contributed by atoms with Crippen LogP contribution in [0.3, 0.4) is 0 Å². The number of nitrogens with one attached hydrogen (secondary N) is 2. The number of rotatable bonds is 7. The van der Waals surface area contributed by atoms with E-state index in [4.69, 9.17) is 0 Å². The summed E-state index contributed by atoms with van der Waals surface area (Å²) >= 11 is 0. The molecular formula is C20H27ClN2O3S. The van der Waals surface area contributed by atoms with E-state index in [1.54, 1.807) is 24.3 Å². The van der Waals surface area contributed by atoms with Gasteiger partial charge in [-0.3, -0.25) is 4.72 Å². The number of halogens is 1. The molecule has 0 aliphatic heterocycles. The van der Waals surface area contributed by atoms with Crippen LogP contribution in [-0.4, -0.2) is 32.9 Å². The minimum Gasteiger partial charge on any atom is -0.387 e. The van der Waals surface area contributed by atoms with Crippen molar-refractivity contribution in [1.82, 2.24) is 5.32 Å². The van der Waals surface area contributed by atoms with Crippen molar-refractivity contribution in [3.63, 3.8) is 0 Å². The maximum absolute atomic E-state index is 11.2. The van der Waals surface area contributed by atoms with E-state index in [2.05, 4.69) is 34.3 Å². The van der Waals surface area contributed by atoms with Gasteiger partial charge >= 0.3 is 0 Å². The van der Waals surface area contributed by atoms with Crippen molar-refractivity contribution in [1.29, 1.82) is 0 Å². The minimum absolute atomic E-state index is 0. The molecule has 0 radical (unpaired) electrons. The zero-order valence-corrected chi connectivity index (χ0v) is 17.0. The normalized spacial score (nSPS) is 17.5. The van der Waals surface area contributed by atoms with E-state index in [-0.39, 0.29) is 12.4 Å². The van der Waals surface area contributed by atoms with Crippen LogP contribution in [0.2, 0.25) is 0 Å². The molecule has 5 nitrogen and oxygen atoms in total. The van der Waals surface area contributed by atoms with Crippen molar-refractivity contribution in [3.05, 3.63) is 65.2 Å². The summed E-state index contributed by atoms with van der Waals surface area (Å²) in [5.74, 6) is 0.596. The summed E-state index contributed by atoms with van der Waals surface area (Å²) < 4.78 is 24.9. The lowest BCUT2D eigenvalue weighted by Gasteiger charge is -2.25. The number of aliphatic hydroxyl groups excluding tert-OH is 1. The Hall–Kier alpha value is -1.60. The molecule has 3 N–H and O–H groups in total. The fraction of sp³-hybridized carbons (Fsp3) is 0.400. The smallest absolute Gasteiger partial charge is 0.229 e. The molecule has 2 unspecified atom stereocenters. The van der Waals surface area contributed by atoms with Gasteiger partial charge in [0.05, 0.1) is 12.4 Å². The first-order valence-electron chi connectivity index (χ1n) is 8.94. The number of anilines is 1. The van der Waals surface area contributed by atoms with Gasteiger partial charge in [0.15, 0.2) is 0 Å². The Labute approximate surface area is 167 Å². The van der Waals surface area contributed by atoms with Gasteiger partial charge in [-0.25, -0.2) is 8.42 Å². The van der Waals surface area contributed by atoms with Crippen molar-refractivity contribution in [2.24, 2.45) is 5.92 Å². The lowest BCUT2D eigenvalue weighted by Crippen LogP contribution is -2.30. The summed E-state index contributed by atoms with van der Waals surface area (Å²) in [6.07, 6.45) is 3.89. The fourth-order valence-corrected chi connectivity index (χ4v) is 4.04. The van der Waals surface area contributed by atoms with Gasteiger partial charge in [0, 0.05) is 12.2 Å². The van der Waals surface area contributed by atoms with Crippen LogP contribution in [0.25, 0.3) is 0 Å². The maximum atomic E-state index is 11.2. The number of hydrogen-bond acceptors (Lipinski definition) is 4. The Balaban J connectivity index is 0.00000261. The van der Waals surface area contributed by atoms with E-state index in [0.29, 0.717) is 18.2 Å². The molecule has 0 saturated carbocycles. The summed E-state index contributed by atoms with van der Waals surface area (Å²) in [7, 11) is -3.28. The summed E-state index contributed by atoms with van der Waals surface area (Å²) in [5, 5.41) is 13.7. The van der Waals surface area contributed by atoms with Crippen LogP contribution in [0.4, 0.5) is 5.69 Å². The van der Waals surface area contributed by atoms with E-state index < -0.39 is 16.1 Å². The standard InChI is InChI=1S/C20H26N2O3S.ClH/c1-26(24,25)22-19-10-8-17(9-11-19)20(23)14-21-13-15-6-7-16-4-2-3-5-18(16)12-15;/h2-5,8-11,15,20-23H,6-7,12-14H2,1H3;1H. The first-order chi connectivity index (χ1) is 12.4. The average molecular weight is 411 g/mol. The Kier molecular flexibility index (Phi) is 7.68. The van der Waals surface area contributed by atoms with E-state index >= 15 is 0 Å². The third kappa shape index (κ3) is 6.50. The molecule has 2 aromatic carbocycles. The van der Waals surface area contributed by atoms with E-state index in [0.717, 1.165) is 31.2 Å². The molecule has 0 spiro atoms. The monoisotopic (exact) mass is 410 g/mol. The number of aliphatic hydroxyl groups is 1. The molecule has 2 aromatic rings. The predicted octanol–water partition coefficient (Wildman–Crippen LogP) is 2.91.